The van der Waals surface area contributed by atoms with Crippen LogP contribution in [0.15, 0.2) is 18.2 Å². The molecule has 3 rings (SSSR count). The van der Waals surface area contributed by atoms with Gasteiger partial charge in [0.05, 0.1) is 19.3 Å². The highest BCUT2D eigenvalue weighted by atomic mass is 16.5. The molecular formula is C13H17NO2. The van der Waals surface area contributed by atoms with E-state index in [1.54, 1.807) is 0 Å². The minimum absolute atomic E-state index is 0.223. The van der Waals surface area contributed by atoms with Gasteiger partial charge >= 0.3 is 0 Å². The predicted molar refractivity (Wildman–Crippen MR) is 60.9 cm³/mol. The van der Waals surface area contributed by atoms with Crippen molar-refractivity contribution in [3.8, 4) is 0 Å². The van der Waals surface area contributed by atoms with E-state index in [4.69, 9.17) is 4.74 Å². The molecule has 2 atom stereocenters. The molecule has 2 unspecified atom stereocenters. The third-order valence-electron chi connectivity index (χ3n) is 3.57. The lowest BCUT2D eigenvalue weighted by Crippen LogP contribution is -2.28. The summed E-state index contributed by atoms with van der Waals surface area (Å²) in [6, 6.07) is 6.42. The molecule has 0 amide bonds. The van der Waals surface area contributed by atoms with E-state index in [1.807, 2.05) is 6.07 Å². The molecule has 1 aromatic carbocycles. The second kappa shape index (κ2) is 4.17. The normalized spacial score (nSPS) is 25.7. The topological polar surface area (TPSA) is 41.5 Å². The van der Waals surface area contributed by atoms with Crippen LogP contribution in [0.5, 0.6) is 0 Å². The molecule has 1 fully saturated rings. The summed E-state index contributed by atoms with van der Waals surface area (Å²) in [5.74, 6) is 0. The lowest BCUT2D eigenvalue weighted by Gasteiger charge is -2.19. The lowest BCUT2D eigenvalue weighted by atomic mass is 9.97. The first-order valence-electron chi connectivity index (χ1n) is 5.95. The summed E-state index contributed by atoms with van der Waals surface area (Å²) in [7, 11) is 0. The molecule has 0 radical (unpaired) electrons. The van der Waals surface area contributed by atoms with Gasteiger partial charge < -0.3 is 15.2 Å². The number of hydrogen-bond acceptors (Lipinski definition) is 3. The highest BCUT2D eigenvalue weighted by molar-refractivity contribution is 5.34. The molecule has 3 nitrogen and oxygen atoms in total. The average molecular weight is 219 g/mol. The molecule has 1 aromatic rings. The first kappa shape index (κ1) is 10.3. The smallest absolute Gasteiger partial charge is 0.0943 e. The quantitative estimate of drug-likeness (QED) is 0.792. The zero-order chi connectivity index (χ0) is 11.0. The highest BCUT2D eigenvalue weighted by Gasteiger charge is 2.24. The minimum Gasteiger partial charge on any atom is -0.387 e. The predicted octanol–water partition coefficient (Wildman–Crippen LogP) is 1.50. The number of hydrogen-bond donors (Lipinski definition) is 2. The molecule has 2 heterocycles. The van der Waals surface area contributed by atoms with Gasteiger partial charge in [-0.05, 0) is 36.1 Å². The average Bonchev–Trinajstić information content (AvgIpc) is 2.98. The number of aliphatic hydroxyl groups excluding tert-OH is 1. The van der Waals surface area contributed by atoms with Crippen LogP contribution in [-0.4, -0.2) is 17.7 Å². The van der Waals surface area contributed by atoms with E-state index in [-0.39, 0.29) is 12.1 Å². The molecule has 2 N–H and O–H groups in total. The van der Waals surface area contributed by atoms with Crippen molar-refractivity contribution >= 4 is 0 Å². The summed E-state index contributed by atoms with van der Waals surface area (Å²) in [6.07, 6.45) is 1.85. The van der Waals surface area contributed by atoms with Gasteiger partial charge in [-0.1, -0.05) is 18.2 Å². The Labute approximate surface area is 95.4 Å². The Bertz CT molecular complexity index is 386. The van der Waals surface area contributed by atoms with Crippen molar-refractivity contribution in [1.29, 1.82) is 0 Å². The molecule has 2 aliphatic heterocycles. The third kappa shape index (κ3) is 1.75. The summed E-state index contributed by atoms with van der Waals surface area (Å²) in [5.41, 5.74) is 3.51. The molecule has 0 aliphatic carbocycles. The Morgan fingerprint density at radius 3 is 3.00 bits per heavy atom. The Morgan fingerprint density at radius 1 is 1.31 bits per heavy atom. The molecule has 1 saturated heterocycles. The van der Waals surface area contributed by atoms with Gasteiger partial charge in [-0.2, -0.15) is 0 Å². The fraction of sp³-hybridized carbons (Fsp3) is 0.538. The van der Waals surface area contributed by atoms with Crippen molar-refractivity contribution < 1.29 is 9.84 Å². The second-order valence-electron chi connectivity index (χ2n) is 4.67. The number of aliphatic hydroxyl groups is 1. The van der Waals surface area contributed by atoms with Gasteiger partial charge in [0.15, 0.2) is 0 Å². The van der Waals surface area contributed by atoms with Crippen molar-refractivity contribution in [3.63, 3.8) is 0 Å². The molecule has 0 bridgehead atoms. The number of rotatable bonds is 2. The molecule has 86 valence electrons. The first-order chi connectivity index (χ1) is 7.84. The lowest BCUT2D eigenvalue weighted by molar-refractivity contribution is 0.133. The van der Waals surface area contributed by atoms with E-state index in [0.717, 1.165) is 24.9 Å². The van der Waals surface area contributed by atoms with Crippen LogP contribution in [-0.2, 0) is 18.0 Å². The zero-order valence-electron chi connectivity index (χ0n) is 9.28. The summed E-state index contributed by atoms with van der Waals surface area (Å²) in [5, 5.41) is 13.6. The number of ether oxygens (including phenoxy) is 1. The third-order valence-corrected chi connectivity index (χ3v) is 3.57. The molecule has 0 aromatic heterocycles. The second-order valence-corrected chi connectivity index (χ2v) is 4.67. The van der Waals surface area contributed by atoms with Gasteiger partial charge in [0.1, 0.15) is 0 Å². The van der Waals surface area contributed by atoms with Gasteiger partial charge in [-0.3, -0.25) is 0 Å². The van der Waals surface area contributed by atoms with Crippen molar-refractivity contribution in [2.45, 2.75) is 38.2 Å². The Morgan fingerprint density at radius 2 is 2.19 bits per heavy atom. The molecular weight excluding hydrogens is 202 g/mol. The van der Waals surface area contributed by atoms with E-state index in [2.05, 4.69) is 17.4 Å². The Hall–Kier alpha value is -0.900. The van der Waals surface area contributed by atoms with Crippen LogP contribution in [0.3, 0.4) is 0 Å². The maximum atomic E-state index is 10.2. The first-order valence-corrected chi connectivity index (χ1v) is 5.95. The number of benzene rings is 1. The van der Waals surface area contributed by atoms with Gasteiger partial charge in [-0.25, -0.2) is 0 Å². The van der Waals surface area contributed by atoms with Crippen molar-refractivity contribution in [3.05, 3.63) is 34.9 Å². The van der Waals surface area contributed by atoms with E-state index in [9.17, 15) is 5.11 Å². The Balaban J connectivity index is 1.83. The van der Waals surface area contributed by atoms with Crippen LogP contribution in [0.4, 0.5) is 0 Å². The minimum atomic E-state index is -0.381. The van der Waals surface area contributed by atoms with Crippen LogP contribution >= 0.6 is 0 Å². The maximum absolute atomic E-state index is 10.2. The largest absolute Gasteiger partial charge is 0.387 e. The highest BCUT2D eigenvalue weighted by Crippen LogP contribution is 2.27. The van der Waals surface area contributed by atoms with Crippen LogP contribution in [0.2, 0.25) is 0 Å². The summed E-state index contributed by atoms with van der Waals surface area (Å²) in [6.45, 7) is 2.43. The maximum Gasteiger partial charge on any atom is 0.0943 e. The van der Waals surface area contributed by atoms with E-state index < -0.39 is 0 Å². The van der Waals surface area contributed by atoms with E-state index >= 15 is 0 Å². The fourth-order valence-electron chi connectivity index (χ4n) is 2.59. The zero-order valence-corrected chi connectivity index (χ0v) is 9.28. The van der Waals surface area contributed by atoms with Gasteiger partial charge in [0.25, 0.3) is 0 Å². The van der Waals surface area contributed by atoms with Crippen LogP contribution < -0.4 is 5.32 Å². The van der Waals surface area contributed by atoms with Crippen molar-refractivity contribution in [1.82, 2.24) is 5.32 Å². The molecule has 3 heteroatoms. The number of nitrogens with one attached hydrogen (secondary N) is 1. The molecule has 0 spiro atoms. The summed E-state index contributed by atoms with van der Waals surface area (Å²) >= 11 is 0. The summed E-state index contributed by atoms with van der Waals surface area (Å²) < 4.78 is 5.38. The van der Waals surface area contributed by atoms with Crippen molar-refractivity contribution in [2.75, 3.05) is 6.54 Å². The van der Waals surface area contributed by atoms with Crippen LogP contribution in [0, 0.1) is 0 Å². The van der Waals surface area contributed by atoms with Gasteiger partial charge in [0.2, 0.25) is 0 Å². The van der Waals surface area contributed by atoms with Gasteiger partial charge in [0, 0.05) is 6.04 Å². The Kier molecular flexibility index (Phi) is 2.67. The summed E-state index contributed by atoms with van der Waals surface area (Å²) in [4.78, 5) is 0. The van der Waals surface area contributed by atoms with E-state index in [1.165, 1.54) is 11.1 Å². The molecule has 0 saturated carbocycles. The van der Waals surface area contributed by atoms with Crippen LogP contribution in [0.25, 0.3) is 0 Å². The van der Waals surface area contributed by atoms with Gasteiger partial charge in [-0.15, -0.1) is 0 Å². The molecule has 2 aliphatic rings. The monoisotopic (exact) mass is 219 g/mol. The number of fused-ring (bicyclic) bond motifs is 1. The standard InChI is InChI=1S/C13H17NO2/c15-13(12-2-1-5-14-12)9-3-4-10-7-16-8-11(10)6-9/h3-4,6,12-15H,1-2,5,7-8H2. The van der Waals surface area contributed by atoms with Crippen molar-refractivity contribution in [2.24, 2.45) is 0 Å². The van der Waals surface area contributed by atoms with Crippen LogP contribution in [0.1, 0.15) is 35.6 Å². The fourth-order valence-corrected chi connectivity index (χ4v) is 2.59. The van der Waals surface area contributed by atoms with E-state index in [0.29, 0.717) is 13.2 Å². The molecule has 16 heavy (non-hydrogen) atoms. The SMILES string of the molecule is OC(c1ccc2c(c1)COC2)C1CCCN1.